The van der Waals surface area contributed by atoms with Crippen molar-refractivity contribution >= 4 is 23.4 Å². The van der Waals surface area contributed by atoms with Gasteiger partial charge in [0.1, 0.15) is 11.5 Å². The second-order valence-electron chi connectivity index (χ2n) is 4.86. The molecule has 0 bridgehead atoms. The van der Waals surface area contributed by atoms with Gasteiger partial charge >= 0.3 is 0 Å². The molecule has 2 aromatic heterocycles. The van der Waals surface area contributed by atoms with Gasteiger partial charge in [-0.2, -0.15) is 5.26 Å². The highest BCUT2D eigenvalue weighted by Crippen LogP contribution is 2.14. The van der Waals surface area contributed by atoms with E-state index in [9.17, 15) is 4.79 Å². The Kier molecular flexibility index (Phi) is 4.16. The normalized spacial score (nSPS) is 10.0. The molecule has 8 heteroatoms. The molecule has 0 atom stereocenters. The van der Waals surface area contributed by atoms with E-state index in [0.717, 1.165) is 0 Å². The average molecular weight is 320 g/mol. The fourth-order valence-electron chi connectivity index (χ4n) is 1.91. The van der Waals surface area contributed by atoms with Gasteiger partial charge in [0.05, 0.1) is 11.6 Å². The molecule has 0 fully saturated rings. The molecule has 0 aliphatic heterocycles. The molecule has 8 nitrogen and oxygen atoms in total. The maximum atomic E-state index is 12.2. The first-order chi connectivity index (χ1) is 11.6. The molecule has 24 heavy (non-hydrogen) atoms. The van der Waals surface area contributed by atoms with Crippen LogP contribution in [0.1, 0.15) is 21.8 Å². The molecule has 1 aromatic carbocycles. The number of carbonyl (C=O) groups excluding carboxylic acids is 1. The van der Waals surface area contributed by atoms with E-state index in [1.807, 2.05) is 6.07 Å². The van der Waals surface area contributed by atoms with Crippen molar-refractivity contribution in [1.82, 2.24) is 15.1 Å². The monoisotopic (exact) mass is 320 g/mol. The molecule has 0 spiro atoms. The van der Waals surface area contributed by atoms with Crippen LogP contribution in [0.15, 0.2) is 47.1 Å². The first-order valence-corrected chi connectivity index (χ1v) is 6.99. The lowest BCUT2D eigenvalue weighted by Gasteiger charge is -2.06. The van der Waals surface area contributed by atoms with Gasteiger partial charge in [-0.15, -0.1) is 0 Å². The van der Waals surface area contributed by atoms with Crippen molar-refractivity contribution in [3.05, 3.63) is 59.6 Å². The van der Waals surface area contributed by atoms with Crippen LogP contribution < -0.4 is 10.6 Å². The number of aryl methyl sites for hydroxylation is 1. The lowest BCUT2D eigenvalue weighted by Crippen LogP contribution is -2.15. The van der Waals surface area contributed by atoms with Gasteiger partial charge in [-0.3, -0.25) is 4.79 Å². The summed E-state index contributed by atoms with van der Waals surface area (Å²) in [6.07, 6.45) is 1.47. The molecule has 2 heterocycles. The summed E-state index contributed by atoms with van der Waals surface area (Å²) in [5, 5.41) is 18.0. The predicted molar refractivity (Wildman–Crippen MR) is 85.7 cm³/mol. The smallest absolute Gasteiger partial charge is 0.275 e. The Morgan fingerprint density at radius 2 is 2.04 bits per heavy atom. The van der Waals surface area contributed by atoms with Crippen molar-refractivity contribution in [3.8, 4) is 6.07 Å². The molecular weight excluding hydrogens is 308 g/mol. The maximum Gasteiger partial charge on any atom is 0.275 e. The van der Waals surface area contributed by atoms with Crippen LogP contribution in [0.5, 0.6) is 0 Å². The Balaban J connectivity index is 1.73. The van der Waals surface area contributed by atoms with Crippen LogP contribution in [0.2, 0.25) is 0 Å². The summed E-state index contributed by atoms with van der Waals surface area (Å²) in [5.74, 6) is 0.756. The summed E-state index contributed by atoms with van der Waals surface area (Å²) in [7, 11) is 0. The largest absolute Gasteiger partial charge is 0.360 e. The zero-order chi connectivity index (χ0) is 16.9. The van der Waals surface area contributed by atoms with Gasteiger partial charge in [-0.25, -0.2) is 9.97 Å². The number of benzene rings is 1. The van der Waals surface area contributed by atoms with E-state index in [4.69, 9.17) is 9.78 Å². The molecule has 0 unspecified atom stereocenters. The van der Waals surface area contributed by atoms with Gasteiger partial charge in [-0.05, 0) is 37.3 Å². The van der Waals surface area contributed by atoms with Crippen LogP contribution in [0.25, 0.3) is 0 Å². The van der Waals surface area contributed by atoms with Crippen molar-refractivity contribution in [2.75, 3.05) is 10.6 Å². The second-order valence-corrected chi connectivity index (χ2v) is 4.86. The standard InChI is InChI=1S/C16H12N6O2/c1-10-8-14(22-24-10)21-15(23)13-6-7-18-16(20-13)19-12-4-2-11(9-17)3-5-12/h2-8H,1H3,(H,18,19,20)(H,21,22,23). The number of anilines is 3. The molecule has 2 N–H and O–H groups in total. The number of hydrogen-bond acceptors (Lipinski definition) is 7. The van der Waals surface area contributed by atoms with Gasteiger partial charge < -0.3 is 15.2 Å². The van der Waals surface area contributed by atoms with E-state index >= 15 is 0 Å². The Hall–Kier alpha value is -3.73. The minimum absolute atomic E-state index is 0.182. The molecule has 3 rings (SSSR count). The number of nitrogens with zero attached hydrogens (tertiary/aromatic N) is 4. The number of rotatable bonds is 4. The summed E-state index contributed by atoms with van der Waals surface area (Å²) in [4.78, 5) is 20.4. The third kappa shape index (κ3) is 3.53. The van der Waals surface area contributed by atoms with E-state index in [0.29, 0.717) is 22.8 Å². The number of nitrogens with one attached hydrogen (secondary N) is 2. The third-order valence-corrected chi connectivity index (χ3v) is 3.03. The Morgan fingerprint density at radius 1 is 1.25 bits per heavy atom. The number of hydrogen-bond donors (Lipinski definition) is 2. The fourth-order valence-corrected chi connectivity index (χ4v) is 1.91. The predicted octanol–water partition coefficient (Wildman–Crippen LogP) is 2.64. The molecule has 0 aliphatic carbocycles. The van der Waals surface area contributed by atoms with Crippen LogP contribution in [-0.4, -0.2) is 21.0 Å². The number of aromatic nitrogens is 3. The molecule has 0 aliphatic rings. The van der Waals surface area contributed by atoms with Crippen molar-refractivity contribution in [3.63, 3.8) is 0 Å². The van der Waals surface area contributed by atoms with E-state index in [1.54, 1.807) is 37.3 Å². The zero-order valence-corrected chi connectivity index (χ0v) is 12.6. The Labute approximate surface area is 137 Å². The van der Waals surface area contributed by atoms with Crippen molar-refractivity contribution in [2.45, 2.75) is 6.92 Å². The third-order valence-electron chi connectivity index (χ3n) is 3.03. The van der Waals surface area contributed by atoms with Crippen molar-refractivity contribution in [2.24, 2.45) is 0 Å². The van der Waals surface area contributed by atoms with E-state index in [-0.39, 0.29) is 11.6 Å². The summed E-state index contributed by atoms with van der Waals surface area (Å²) < 4.78 is 4.89. The Bertz CT molecular complexity index is 911. The fraction of sp³-hybridized carbons (Fsp3) is 0.0625. The van der Waals surface area contributed by atoms with E-state index < -0.39 is 5.91 Å². The molecule has 1 amide bonds. The summed E-state index contributed by atoms with van der Waals surface area (Å²) >= 11 is 0. The minimum atomic E-state index is -0.423. The van der Waals surface area contributed by atoms with Crippen LogP contribution >= 0.6 is 0 Å². The molecule has 0 saturated heterocycles. The van der Waals surface area contributed by atoms with Gasteiger partial charge in [0, 0.05) is 18.0 Å². The number of carbonyl (C=O) groups is 1. The number of nitriles is 1. The highest BCUT2D eigenvalue weighted by atomic mass is 16.5. The van der Waals surface area contributed by atoms with Crippen LogP contribution in [-0.2, 0) is 0 Å². The van der Waals surface area contributed by atoms with Crippen LogP contribution in [0.4, 0.5) is 17.5 Å². The minimum Gasteiger partial charge on any atom is -0.360 e. The number of amides is 1. The highest BCUT2D eigenvalue weighted by Gasteiger charge is 2.11. The molecular formula is C16H12N6O2. The van der Waals surface area contributed by atoms with Crippen molar-refractivity contribution < 1.29 is 9.32 Å². The molecule has 0 saturated carbocycles. The molecule has 3 aromatic rings. The summed E-state index contributed by atoms with van der Waals surface area (Å²) in [5.41, 5.74) is 1.44. The quantitative estimate of drug-likeness (QED) is 0.758. The van der Waals surface area contributed by atoms with E-state index in [2.05, 4.69) is 25.8 Å². The van der Waals surface area contributed by atoms with Gasteiger partial charge in [0.2, 0.25) is 5.95 Å². The Morgan fingerprint density at radius 3 is 2.71 bits per heavy atom. The van der Waals surface area contributed by atoms with E-state index in [1.165, 1.54) is 12.3 Å². The summed E-state index contributed by atoms with van der Waals surface area (Å²) in [6, 6.07) is 11.9. The SMILES string of the molecule is Cc1cc(NC(=O)c2ccnc(Nc3ccc(C#N)cc3)n2)no1. The van der Waals surface area contributed by atoms with Gasteiger partial charge in [0.15, 0.2) is 5.82 Å². The highest BCUT2D eigenvalue weighted by molar-refractivity contribution is 6.02. The van der Waals surface area contributed by atoms with Crippen LogP contribution in [0, 0.1) is 18.3 Å². The van der Waals surface area contributed by atoms with Gasteiger partial charge in [-0.1, -0.05) is 5.16 Å². The lowest BCUT2D eigenvalue weighted by atomic mass is 10.2. The second kappa shape index (κ2) is 6.58. The van der Waals surface area contributed by atoms with Crippen LogP contribution in [0.3, 0.4) is 0 Å². The zero-order valence-electron chi connectivity index (χ0n) is 12.6. The maximum absolute atomic E-state index is 12.2. The van der Waals surface area contributed by atoms with Gasteiger partial charge in [0.25, 0.3) is 5.91 Å². The lowest BCUT2D eigenvalue weighted by molar-refractivity contribution is 0.102. The first-order valence-electron chi connectivity index (χ1n) is 6.99. The molecule has 118 valence electrons. The first kappa shape index (κ1) is 15.2. The summed E-state index contributed by atoms with van der Waals surface area (Å²) in [6.45, 7) is 1.73. The molecule has 0 radical (unpaired) electrons. The topological polar surface area (TPSA) is 117 Å². The average Bonchev–Trinajstić information content (AvgIpc) is 3.00. The van der Waals surface area contributed by atoms with Crippen molar-refractivity contribution in [1.29, 1.82) is 5.26 Å².